The van der Waals surface area contributed by atoms with Crippen LogP contribution in [0.25, 0.3) is 0 Å². The van der Waals surface area contributed by atoms with E-state index in [-0.39, 0.29) is 11.0 Å². The number of hydrogen-bond acceptors (Lipinski definition) is 3. The summed E-state index contributed by atoms with van der Waals surface area (Å²) >= 11 is 0. The second-order valence-electron chi connectivity index (χ2n) is 8.93. The molecule has 0 radical (unpaired) electrons. The van der Waals surface area contributed by atoms with Crippen molar-refractivity contribution < 1.29 is 14.0 Å². The third kappa shape index (κ3) is 3.85. The molecule has 0 spiro atoms. The first-order valence-electron chi connectivity index (χ1n) is 7.62. The molecule has 0 heterocycles. The fourth-order valence-corrected chi connectivity index (χ4v) is 3.57. The third-order valence-electron chi connectivity index (χ3n) is 4.46. The van der Waals surface area contributed by atoms with E-state index in [1.807, 2.05) is 20.8 Å². The number of rotatable bonds is 3. The number of hydrogen-bond donors (Lipinski definition) is 0. The molecule has 0 unspecified atom stereocenters. The topological polar surface area (TPSA) is 35.5 Å². The van der Waals surface area contributed by atoms with Crippen molar-refractivity contribution in [2.75, 3.05) is 0 Å². The number of esters is 1. The lowest BCUT2D eigenvalue weighted by Crippen LogP contribution is -2.58. The van der Waals surface area contributed by atoms with E-state index in [1.54, 1.807) is 0 Å². The largest absolute Gasteiger partial charge is 0.434 e. The van der Waals surface area contributed by atoms with Crippen LogP contribution in [0.5, 0.6) is 0 Å². The summed E-state index contributed by atoms with van der Waals surface area (Å²) in [5, 5.41) is 0.118. The van der Waals surface area contributed by atoms with Crippen LogP contribution < -0.4 is 0 Å². The molecule has 0 aromatic carbocycles. The summed E-state index contributed by atoms with van der Waals surface area (Å²) < 4.78 is 12.3. The maximum absolute atomic E-state index is 12.2. The van der Waals surface area contributed by atoms with Crippen LogP contribution >= 0.6 is 0 Å². The van der Waals surface area contributed by atoms with Gasteiger partial charge in [-0.15, -0.1) is 0 Å². The van der Waals surface area contributed by atoms with Crippen LogP contribution in [-0.2, 0) is 14.0 Å². The minimum atomic E-state index is -1.94. The molecule has 1 saturated carbocycles. The van der Waals surface area contributed by atoms with Crippen molar-refractivity contribution >= 4 is 14.3 Å². The highest BCUT2D eigenvalue weighted by Gasteiger charge is 2.53. The lowest BCUT2D eigenvalue weighted by atomic mass is 9.80. The highest BCUT2D eigenvalue weighted by Crippen LogP contribution is 2.48. The van der Waals surface area contributed by atoms with Crippen molar-refractivity contribution in [2.24, 2.45) is 11.3 Å². The first kappa shape index (κ1) is 17.7. The molecule has 0 aromatic rings. The van der Waals surface area contributed by atoms with Crippen molar-refractivity contribution in [3.05, 3.63) is 0 Å². The lowest BCUT2D eigenvalue weighted by Gasteiger charge is -2.52. The van der Waals surface area contributed by atoms with Gasteiger partial charge in [0.15, 0.2) is 8.32 Å². The second-order valence-corrected chi connectivity index (χ2v) is 13.7. The van der Waals surface area contributed by atoms with Gasteiger partial charge in [-0.25, -0.2) is 0 Å². The Balaban J connectivity index is 2.87. The van der Waals surface area contributed by atoms with E-state index in [4.69, 9.17) is 9.16 Å². The SMILES string of the molecule is CC1CC(OC(=O)C(C)(C)C)(O[Si](C)(C)C(C)(C)C)C1. The fourth-order valence-electron chi connectivity index (χ4n) is 2.13. The highest BCUT2D eigenvalue weighted by molar-refractivity contribution is 6.74. The summed E-state index contributed by atoms with van der Waals surface area (Å²) in [4.78, 5) is 12.2. The summed E-state index contributed by atoms with van der Waals surface area (Å²) in [5.74, 6) is -0.275. The van der Waals surface area contributed by atoms with Crippen LogP contribution in [0, 0.1) is 11.3 Å². The van der Waals surface area contributed by atoms with Crippen LogP contribution in [0.3, 0.4) is 0 Å². The molecule has 4 heteroatoms. The van der Waals surface area contributed by atoms with Gasteiger partial charge in [-0.05, 0) is 44.8 Å². The second kappa shape index (κ2) is 5.13. The molecule has 0 aliphatic heterocycles. The third-order valence-corrected chi connectivity index (χ3v) is 8.95. The molecule has 1 aliphatic rings. The van der Waals surface area contributed by atoms with Crippen molar-refractivity contribution in [1.29, 1.82) is 0 Å². The zero-order valence-electron chi connectivity index (χ0n) is 14.7. The standard InChI is InChI=1S/C16H32O3Si/c1-12-10-16(11-12,18-13(17)14(2,3)4)19-20(8,9)15(5,6)7/h12H,10-11H2,1-9H3. The van der Waals surface area contributed by atoms with Crippen LogP contribution in [0.15, 0.2) is 0 Å². The van der Waals surface area contributed by atoms with Gasteiger partial charge in [0.1, 0.15) is 0 Å². The number of carbonyl (C=O) groups excluding carboxylic acids is 1. The summed E-state index contributed by atoms with van der Waals surface area (Å²) in [6, 6.07) is 0. The summed E-state index contributed by atoms with van der Waals surface area (Å²) in [6.45, 7) is 18.9. The van der Waals surface area contributed by atoms with Crippen LogP contribution in [-0.4, -0.2) is 20.1 Å². The Morgan fingerprint density at radius 3 is 1.85 bits per heavy atom. The Kier molecular flexibility index (Phi) is 4.54. The summed E-state index contributed by atoms with van der Waals surface area (Å²) in [6.07, 6.45) is 1.64. The zero-order valence-corrected chi connectivity index (χ0v) is 15.7. The molecule has 0 bridgehead atoms. The Bertz CT molecular complexity index is 368. The Hall–Kier alpha value is -0.353. The smallest absolute Gasteiger partial charge is 0.313 e. The first-order valence-corrected chi connectivity index (χ1v) is 10.5. The molecule has 0 N–H and O–H groups in total. The molecule has 1 fully saturated rings. The molecule has 3 nitrogen and oxygen atoms in total. The molecular formula is C16H32O3Si. The van der Waals surface area contributed by atoms with E-state index in [1.165, 1.54) is 0 Å². The minimum absolute atomic E-state index is 0.118. The predicted octanol–water partition coefficient (Wildman–Crippen LogP) is 4.72. The van der Waals surface area contributed by atoms with E-state index in [9.17, 15) is 4.79 Å². The van der Waals surface area contributed by atoms with Gasteiger partial charge in [0.25, 0.3) is 0 Å². The van der Waals surface area contributed by atoms with Gasteiger partial charge in [-0.3, -0.25) is 4.79 Å². The monoisotopic (exact) mass is 300 g/mol. The molecular weight excluding hydrogens is 268 g/mol. The Labute approximate surface area is 125 Å². The maximum atomic E-state index is 12.2. The van der Waals surface area contributed by atoms with Crippen LogP contribution in [0.2, 0.25) is 18.1 Å². The van der Waals surface area contributed by atoms with Gasteiger partial charge in [-0.2, -0.15) is 0 Å². The fraction of sp³-hybridized carbons (Fsp3) is 0.938. The van der Waals surface area contributed by atoms with E-state index < -0.39 is 19.5 Å². The Morgan fingerprint density at radius 1 is 1.10 bits per heavy atom. The molecule has 118 valence electrons. The molecule has 0 atom stereocenters. The molecule has 0 saturated heterocycles. The van der Waals surface area contributed by atoms with Gasteiger partial charge in [-0.1, -0.05) is 27.7 Å². The van der Waals surface area contributed by atoms with Crippen molar-refractivity contribution in [3.8, 4) is 0 Å². The van der Waals surface area contributed by atoms with E-state index in [0.29, 0.717) is 5.92 Å². The van der Waals surface area contributed by atoms with Crippen LogP contribution in [0.4, 0.5) is 0 Å². The zero-order chi connectivity index (χ0) is 16.0. The van der Waals surface area contributed by atoms with Crippen molar-refractivity contribution in [2.45, 2.75) is 85.2 Å². The molecule has 0 aromatic heterocycles. The minimum Gasteiger partial charge on any atom is -0.434 e. The lowest BCUT2D eigenvalue weighted by molar-refractivity contribution is -0.250. The van der Waals surface area contributed by atoms with Gasteiger partial charge < -0.3 is 9.16 Å². The predicted molar refractivity (Wildman–Crippen MR) is 85.0 cm³/mol. The summed E-state index contributed by atoms with van der Waals surface area (Å²) in [5.41, 5.74) is -0.484. The molecule has 0 amide bonds. The van der Waals surface area contributed by atoms with Gasteiger partial charge in [0.2, 0.25) is 5.79 Å². The maximum Gasteiger partial charge on any atom is 0.313 e. The number of carbonyl (C=O) groups is 1. The van der Waals surface area contributed by atoms with E-state index >= 15 is 0 Å². The average Bonchev–Trinajstić information content (AvgIpc) is 2.10. The first-order chi connectivity index (χ1) is 8.69. The van der Waals surface area contributed by atoms with Crippen molar-refractivity contribution in [1.82, 2.24) is 0 Å². The van der Waals surface area contributed by atoms with Gasteiger partial charge in [0.05, 0.1) is 5.41 Å². The van der Waals surface area contributed by atoms with Crippen LogP contribution in [0.1, 0.15) is 61.3 Å². The molecule has 20 heavy (non-hydrogen) atoms. The van der Waals surface area contributed by atoms with E-state index in [0.717, 1.165) is 12.8 Å². The van der Waals surface area contributed by atoms with Gasteiger partial charge in [0, 0.05) is 12.8 Å². The highest BCUT2D eigenvalue weighted by atomic mass is 28.4. The van der Waals surface area contributed by atoms with E-state index in [2.05, 4.69) is 40.8 Å². The van der Waals surface area contributed by atoms with Gasteiger partial charge >= 0.3 is 5.97 Å². The molecule has 1 aliphatic carbocycles. The summed E-state index contributed by atoms with van der Waals surface area (Å²) in [7, 11) is -1.94. The average molecular weight is 301 g/mol. The normalized spacial score (nSPS) is 27.9. The Morgan fingerprint density at radius 2 is 1.55 bits per heavy atom. The molecule has 1 rings (SSSR count). The van der Waals surface area contributed by atoms with Crippen molar-refractivity contribution in [3.63, 3.8) is 0 Å². The number of ether oxygens (including phenoxy) is 1. The quantitative estimate of drug-likeness (QED) is 0.429.